The molecule has 0 unspecified atom stereocenters. The van der Waals surface area contributed by atoms with Gasteiger partial charge in [-0.15, -0.1) is 9.81 Å². The van der Waals surface area contributed by atoms with Gasteiger partial charge in [0, 0.05) is 18.8 Å². The molecule has 0 saturated carbocycles. The van der Waals surface area contributed by atoms with Crippen molar-refractivity contribution >= 4 is 11.4 Å². The topological polar surface area (TPSA) is 65.3 Å². The molecular formula is C14H22N4O2. The van der Waals surface area contributed by atoms with Crippen LogP contribution >= 0.6 is 0 Å². The van der Waals surface area contributed by atoms with Gasteiger partial charge in [0.1, 0.15) is 0 Å². The van der Waals surface area contributed by atoms with E-state index in [1.54, 1.807) is 12.1 Å². The largest absolute Gasteiger partial charge is 0.371 e. The molecule has 0 aliphatic heterocycles. The molecule has 0 amide bonds. The second-order valence-electron chi connectivity index (χ2n) is 5.66. The minimum atomic E-state index is 0.368. The molecule has 0 aliphatic rings. The Kier molecular flexibility index (Phi) is 6.09. The predicted octanol–water partition coefficient (Wildman–Crippen LogP) is 3.97. The van der Waals surface area contributed by atoms with Crippen molar-refractivity contribution in [3.8, 4) is 0 Å². The fourth-order valence-corrected chi connectivity index (χ4v) is 2.07. The zero-order valence-corrected chi connectivity index (χ0v) is 12.5. The van der Waals surface area contributed by atoms with Gasteiger partial charge in [0.05, 0.1) is 16.3 Å². The summed E-state index contributed by atoms with van der Waals surface area (Å²) in [6, 6.07) is 7.10. The molecule has 1 aromatic rings. The number of hydrogen-bond acceptors (Lipinski definition) is 5. The third-order valence-corrected chi connectivity index (χ3v) is 2.77. The Morgan fingerprint density at radius 2 is 1.25 bits per heavy atom. The van der Waals surface area contributed by atoms with Crippen LogP contribution < -0.4 is 10.0 Å². The minimum absolute atomic E-state index is 0.368. The average molecular weight is 278 g/mol. The highest BCUT2D eigenvalue weighted by Gasteiger charge is 2.12. The molecule has 0 saturated heterocycles. The van der Waals surface area contributed by atoms with Crippen LogP contribution in [0.4, 0.5) is 11.4 Å². The molecule has 110 valence electrons. The van der Waals surface area contributed by atoms with Crippen molar-refractivity contribution in [3.63, 3.8) is 0 Å². The number of nitroso groups, excluding NO2 is 2. The molecule has 0 fully saturated rings. The molecule has 0 spiro atoms. The van der Waals surface area contributed by atoms with Crippen LogP contribution in [0.15, 0.2) is 34.8 Å². The Bertz CT molecular complexity index is 413. The Morgan fingerprint density at radius 3 is 1.60 bits per heavy atom. The molecule has 0 aliphatic carbocycles. The van der Waals surface area contributed by atoms with Crippen molar-refractivity contribution in [2.75, 3.05) is 23.1 Å². The molecule has 0 aromatic heterocycles. The molecule has 1 rings (SSSR count). The number of hydrogen-bond donors (Lipinski definition) is 0. The molecular weight excluding hydrogens is 256 g/mol. The van der Waals surface area contributed by atoms with Gasteiger partial charge in [-0.25, -0.2) is 0 Å². The Balaban J connectivity index is 2.91. The Morgan fingerprint density at radius 1 is 0.850 bits per heavy atom. The van der Waals surface area contributed by atoms with E-state index in [1.165, 1.54) is 0 Å². The summed E-state index contributed by atoms with van der Waals surface area (Å²) in [5.41, 5.74) is 1.43. The fraction of sp³-hybridized carbons (Fsp3) is 0.571. The highest BCUT2D eigenvalue weighted by Crippen LogP contribution is 2.23. The van der Waals surface area contributed by atoms with Crippen molar-refractivity contribution in [1.29, 1.82) is 0 Å². The van der Waals surface area contributed by atoms with E-state index in [4.69, 9.17) is 0 Å². The second kappa shape index (κ2) is 7.57. The van der Waals surface area contributed by atoms with Crippen LogP contribution in [0.3, 0.4) is 0 Å². The van der Waals surface area contributed by atoms with E-state index in [2.05, 4.69) is 43.2 Å². The highest BCUT2D eigenvalue weighted by atomic mass is 16.4. The highest BCUT2D eigenvalue weighted by molar-refractivity contribution is 5.55. The minimum Gasteiger partial charge on any atom is -0.371 e. The first-order chi connectivity index (χ1) is 9.47. The molecule has 0 bridgehead atoms. The molecule has 0 heterocycles. The van der Waals surface area contributed by atoms with Gasteiger partial charge in [-0.05, 0) is 36.1 Å². The number of anilines is 2. The van der Waals surface area contributed by atoms with E-state index in [0.717, 1.165) is 18.8 Å². The maximum atomic E-state index is 10.4. The van der Waals surface area contributed by atoms with Crippen LogP contribution in [0, 0.1) is 21.6 Å². The normalized spacial score (nSPS) is 10.7. The number of benzene rings is 1. The van der Waals surface area contributed by atoms with Gasteiger partial charge in [-0.3, -0.25) is 0 Å². The van der Waals surface area contributed by atoms with Crippen molar-refractivity contribution in [2.24, 2.45) is 22.4 Å². The maximum Gasteiger partial charge on any atom is 0.0924 e. The fourth-order valence-electron chi connectivity index (χ4n) is 2.07. The zero-order valence-electron chi connectivity index (χ0n) is 12.5. The van der Waals surface area contributed by atoms with Gasteiger partial charge in [0.15, 0.2) is 0 Å². The molecule has 6 nitrogen and oxygen atoms in total. The van der Waals surface area contributed by atoms with Gasteiger partial charge >= 0.3 is 0 Å². The van der Waals surface area contributed by atoms with Crippen molar-refractivity contribution in [2.45, 2.75) is 27.7 Å². The summed E-state index contributed by atoms with van der Waals surface area (Å²) in [5.74, 6) is 1.11. The van der Waals surface area contributed by atoms with Crippen molar-refractivity contribution in [1.82, 2.24) is 0 Å². The lowest BCUT2D eigenvalue weighted by molar-refractivity contribution is 0.553. The van der Waals surface area contributed by atoms with Crippen LogP contribution in [-0.2, 0) is 0 Å². The summed E-state index contributed by atoms with van der Waals surface area (Å²) in [4.78, 5) is 23.1. The molecule has 0 atom stereocenters. The molecule has 20 heavy (non-hydrogen) atoms. The summed E-state index contributed by atoms with van der Waals surface area (Å²) < 4.78 is 0. The summed E-state index contributed by atoms with van der Waals surface area (Å²) in [6.07, 6.45) is 0. The van der Waals surface area contributed by atoms with Gasteiger partial charge in [0.25, 0.3) is 0 Å². The third kappa shape index (κ3) is 4.60. The van der Waals surface area contributed by atoms with Crippen LogP contribution in [0.5, 0.6) is 0 Å². The van der Waals surface area contributed by atoms with Crippen molar-refractivity contribution in [3.05, 3.63) is 34.1 Å². The van der Waals surface area contributed by atoms with E-state index < -0.39 is 0 Å². The van der Waals surface area contributed by atoms with Gasteiger partial charge < -0.3 is 4.90 Å². The monoisotopic (exact) mass is 278 g/mol. The quantitative estimate of drug-likeness (QED) is 0.533. The van der Waals surface area contributed by atoms with Gasteiger partial charge in [0.2, 0.25) is 0 Å². The van der Waals surface area contributed by atoms with Crippen LogP contribution in [0.2, 0.25) is 0 Å². The van der Waals surface area contributed by atoms with E-state index in [-0.39, 0.29) is 0 Å². The number of rotatable bonds is 8. The maximum absolute atomic E-state index is 10.4. The van der Waals surface area contributed by atoms with E-state index >= 15 is 0 Å². The molecule has 0 N–H and O–H groups in total. The van der Waals surface area contributed by atoms with Gasteiger partial charge in [-0.1, -0.05) is 32.8 Å². The molecule has 0 radical (unpaired) electrons. The van der Waals surface area contributed by atoms with E-state index in [0.29, 0.717) is 22.6 Å². The van der Waals surface area contributed by atoms with Crippen LogP contribution in [0.1, 0.15) is 27.7 Å². The summed E-state index contributed by atoms with van der Waals surface area (Å²) >= 11 is 0. The Labute approximate surface area is 119 Å². The summed E-state index contributed by atoms with van der Waals surface area (Å²) in [5, 5.41) is 5.60. The molecule has 1 aromatic carbocycles. The van der Waals surface area contributed by atoms with E-state index in [1.807, 2.05) is 12.1 Å². The van der Waals surface area contributed by atoms with E-state index in [9.17, 15) is 9.81 Å². The smallest absolute Gasteiger partial charge is 0.0924 e. The second-order valence-corrected chi connectivity index (χ2v) is 5.66. The Hall–Kier alpha value is -1.98. The first kappa shape index (κ1) is 16.1. The standard InChI is InChI=1S/C14H22N4O2/c1-11(2)9-17(10-12(3)4)13-5-7-14(8-6-13)18(15-19)16-20/h5-8,11-12H,9-10H2,1-4H3. The lowest BCUT2D eigenvalue weighted by Gasteiger charge is -2.28. The lowest BCUT2D eigenvalue weighted by atomic mass is 10.1. The zero-order chi connectivity index (χ0) is 15.1. The van der Waals surface area contributed by atoms with Gasteiger partial charge in [-0.2, -0.15) is 0 Å². The first-order valence-electron chi connectivity index (χ1n) is 6.79. The summed E-state index contributed by atoms with van der Waals surface area (Å²) in [6.45, 7) is 10.6. The molecule has 6 heteroatoms. The van der Waals surface area contributed by atoms with Crippen molar-refractivity contribution < 1.29 is 0 Å². The number of nitrogens with zero attached hydrogens (tertiary/aromatic N) is 4. The lowest BCUT2D eigenvalue weighted by Crippen LogP contribution is -2.31. The third-order valence-electron chi connectivity index (χ3n) is 2.77. The summed E-state index contributed by atoms with van der Waals surface area (Å²) in [7, 11) is 0. The SMILES string of the molecule is CC(C)CN(CC(C)C)c1ccc(N(N=O)N=O)cc1. The average Bonchev–Trinajstić information content (AvgIpc) is 2.39. The first-order valence-corrected chi connectivity index (χ1v) is 6.79. The predicted molar refractivity (Wildman–Crippen MR) is 82.4 cm³/mol. The van der Waals surface area contributed by atoms with Crippen LogP contribution in [0.25, 0.3) is 0 Å². The van der Waals surface area contributed by atoms with Crippen LogP contribution in [-0.4, -0.2) is 13.1 Å².